The van der Waals surface area contributed by atoms with Gasteiger partial charge < -0.3 is 25.6 Å². The van der Waals surface area contributed by atoms with Crippen molar-refractivity contribution in [2.45, 2.75) is 13.0 Å². The van der Waals surface area contributed by atoms with E-state index < -0.39 is 0 Å². The molecular formula is C31H32FN5O2. The first-order chi connectivity index (χ1) is 19.2. The minimum atomic E-state index is -0.294. The Hall–Kier alpha value is -4.43. The Kier molecular flexibility index (Phi) is 8.65. The van der Waals surface area contributed by atoms with Gasteiger partial charge in [-0.05, 0) is 65.2 Å². The van der Waals surface area contributed by atoms with Gasteiger partial charge >= 0.3 is 6.03 Å². The standard InChI is InChI=1S/C31H32FN5O2/c32-25-8-7-24(29(20-25)28-5-1-2-6-30(28)37-17-15-33-16-18-37)13-19-39-27-11-9-26(10-12-27)36-31(38)35-22-23-4-3-14-34-21-23/h1-12,14,20-21,33H,13,15-19,22H2,(H2,35,36,38). The van der Waals surface area contributed by atoms with E-state index in [0.717, 1.165) is 54.1 Å². The molecule has 1 aliphatic rings. The molecule has 7 nitrogen and oxygen atoms in total. The van der Waals surface area contributed by atoms with Gasteiger partial charge in [0.05, 0.1) is 6.61 Å². The van der Waals surface area contributed by atoms with Crippen LogP contribution in [0.25, 0.3) is 11.1 Å². The van der Waals surface area contributed by atoms with Crippen LogP contribution in [0, 0.1) is 5.82 Å². The maximum Gasteiger partial charge on any atom is 0.319 e. The van der Waals surface area contributed by atoms with Gasteiger partial charge in [0, 0.05) is 68.5 Å². The Bertz CT molecular complexity index is 1380. The number of nitrogens with zero attached hydrogens (tertiary/aromatic N) is 2. The molecule has 8 heteroatoms. The van der Waals surface area contributed by atoms with Gasteiger partial charge in [-0.25, -0.2) is 9.18 Å². The second-order valence-electron chi connectivity index (χ2n) is 9.35. The Balaban J connectivity index is 1.19. The van der Waals surface area contributed by atoms with Crippen LogP contribution in [-0.2, 0) is 13.0 Å². The Morgan fingerprint density at radius 3 is 2.59 bits per heavy atom. The van der Waals surface area contributed by atoms with Crippen LogP contribution in [-0.4, -0.2) is 43.8 Å². The SMILES string of the molecule is O=C(NCc1cccnc1)Nc1ccc(OCCc2ccc(F)cc2-c2ccccc2N2CCNCC2)cc1. The maximum absolute atomic E-state index is 14.4. The number of aromatic nitrogens is 1. The van der Waals surface area contributed by atoms with E-state index >= 15 is 0 Å². The smallest absolute Gasteiger partial charge is 0.319 e. The van der Waals surface area contributed by atoms with Crippen molar-refractivity contribution in [1.82, 2.24) is 15.6 Å². The van der Waals surface area contributed by atoms with E-state index in [1.807, 2.05) is 42.5 Å². The number of nitrogens with one attached hydrogen (secondary N) is 3. The number of ether oxygens (including phenoxy) is 1. The molecular weight excluding hydrogens is 493 g/mol. The highest BCUT2D eigenvalue weighted by molar-refractivity contribution is 5.89. The third kappa shape index (κ3) is 7.12. The monoisotopic (exact) mass is 525 g/mol. The fourth-order valence-electron chi connectivity index (χ4n) is 4.67. The first-order valence-electron chi connectivity index (χ1n) is 13.2. The van der Waals surface area contributed by atoms with Gasteiger partial charge in [-0.1, -0.05) is 30.3 Å². The van der Waals surface area contributed by atoms with Crippen LogP contribution in [0.15, 0.2) is 91.3 Å². The quantitative estimate of drug-likeness (QED) is 0.279. The van der Waals surface area contributed by atoms with Crippen LogP contribution in [0.2, 0.25) is 0 Å². The van der Waals surface area contributed by atoms with Crippen molar-refractivity contribution in [3.05, 3.63) is 108 Å². The van der Waals surface area contributed by atoms with E-state index in [-0.39, 0.29) is 11.8 Å². The second kappa shape index (κ2) is 12.9. The van der Waals surface area contributed by atoms with E-state index in [0.29, 0.717) is 31.0 Å². The molecule has 3 N–H and O–H groups in total. The van der Waals surface area contributed by atoms with E-state index in [9.17, 15) is 9.18 Å². The molecule has 200 valence electrons. The highest BCUT2D eigenvalue weighted by Gasteiger charge is 2.17. The molecule has 3 aromatic carbocycles. The van der Waals surface area contributed by atoms with Crippen LogP contribution >= 0.6 is 0 Å². The summed E-state index contributed by atoms with van der Waals surface area (Å²) in [7, 11) is 0. The van der Waals surface area contributed by atoms with Gasteiger partial charge in [-0.2, -0.15) is 0 Å². The molecule has 2 heterocycles. The Morgan fingerprint density at radius 2 is 1.79 bits per heavy atom. The zero-order chi connectivity index (χ0) is 26.9. The van der Waals surface area contributed by atoms with Gasteiger partial charge in [-0.15, -0.1) is 0 Å². The third-order valence-corrected chi connectivity index (χ3v) is 6.65. The average molecular weight is 526 g/mol. The molecule has 5 rings (SSSR count). The number of pyridine rings is 1. The lowest BCUT2D eigenvalue weighted by atomic mass is 9.95. The van der Waals surface area contributed by atoms with Gasteiger partial charge in [-0.3, -0.25) is 4.98 Å². The summed E-state index contributed by atoms with van der Waals surface area (Å²) in [6, 6.07) is 23.9. The van der Waals surface area contributed by atoms with Crippen molar-refractivity contribution in [3.8, 4) is 16.9 Å². The maximum atomic E-state index is 14.4. The summed E-state index contributed by atoms with van der Waals surface area (Å²) in [6.45, 7) is 4.54. The number of para-hydroxylation sites is 1. The molecule has 0 bridgehead atoms. The summed E-state index contributed by atoms with van der Waals surface area (Å²) in [5.41, 5.74) is 5.67. The van der Waals surface area contributed by atoms with E-state index in [1.165, 1.54) is 6.07 Å². The summed E-state index contributed by atoms with van der Waals surface area (Å²) in [4.78, 5) is 18.6. The Morgan fingerprint density at radius 1 is 0.974 bits per heavy atom. The molecule has 0 aliphatic carbocycles. The number of carbonyl (C=O) groups excluding carboxylic acids is 1. The lowest BCUT2D eigenvalue weighted by Gasteiger charge is -2.31. The summed E-state index contributed by atoms with van der Waals surface area (Å²) in [6.07, 6.45) is 4.04. The zero-order valence-electron chi connectivity index (χ0n) is 21.7. The summed E-state index contributed by atoms with van der Waals surface area (Å²) in [5.74, 6) is 0.443. The number of benzene rings is 3. The van der Waals surface area contributed by atoms with Crippen molar-refractivity contribution in [3.63, 3.8) is 0 Å². The van der Waals surface area contributed by atoms with Crippen molar-refractivity contribution >= 4 is 17.4 Å². The van der Waals surface area contributed by atoms with Crippen molar-refractivity contribution in [1.29, 1.82) is 0 Å². The molecule has 39 heavy (non-hydrogen) atoms. The first kappa shape index (κ1) is 26.2. The lowest BCUT2D eigenvalue weighted by Crippen LogP contribution is -2.43. The number of urea groups is 1. The molecule has 0 saturated carbocycles. The second-order valence-corrected chi connectivity index (χ2v) is 9.35. The van der Waals surface area contributed by atoms with Crippen LogP contribution in [0.1, 0.15) is 11.1 Å². The molecule has 2 amide bonds. The summed E-state index contributed by atoms with van der Waals surface area (Å²) >= 11 is 0. The number of amides is 2. The van der Waals surface area contributed by atoms with Crippen molar-refractivity contribution in [2.24, 2.45) is 0 Å². The lowest BCUT2D eigenvalue weighted by molar-refractivity contribution is 0.251. The van der Waals surface area contributed by atoms with Crippen molar-refractivity contribution in [2.75, 3.05) is 43.0 Å². The zero-order valence-corrected chi connectivity index (χ0v) is 21.7. The predicted octanol–water partition coefficient (Wildman–Crippen LogP) is 5.24. The van der Waals surface area contributed by atoms with Crippen LogP contribution in [0.5, 0.6) is 5.75 Å². The molecule has 1 fully saturated rings. The van der Waals surface area contributed by atoms with E-state index in [1.54, 1.807) is 30.6 Å². The minimum absolute atomic E-state index is 0.252. The molecule has 0 spiro atoms. The number of hydrogen-bond donors (Lipinski definition) is 3. The van der Waals surface area contributed by atoms with Crippen LogP contribution in [0.4, 0.5) is 20.6 Å². The Labute approximate surface area is 228 Å². The first-order valence-corrected chi connectivity index (χ1v) is 13.2. The molecule has 0 radical (unpaired) electrons. The summed E-state index contributed by atoms with van der Waals surface area (Å²) in [5, 5.41) is 9.01. The van der Waals surface area contributed by atoms with E-state index in [4.69, 9.17) is 4.74 Å². The van der Waals surface area contributed by atoms with Gasteiger partial charge in [0.2, 0.25) is 0 Å². The molecule has 1 saturated heterocycles. The number of rotatable bonds is 9. The number of carbonyl (C=O) groups is 1. The number of anilines is 2. The minimum Gasteiger partial charge on any atom is -0.493 e. The van der Waals surface area contributed by atoms with Gasteiger partial charge in [0.15, 0.2) is 0 Å². The molecule has 0 unspecified atom stereocenters. The topological polar surface area (TPSA) is 78.5 Å². The van der Waals surface area contributed by atoms with Crippen LogP contribution < -0.4 is 25.6 Å². The highest BCUT2D eigenvalue weighted by atomic mass is 19.1. The highest BCUT2D eigenvalue weighted by Crippen LogP contribution is 2.34. The molecule has 0 atom stereocenters. The summed E-state index contributed by atoms with van der Waals surface area (Å²) < 4.78 is 20.4. The van der Waals surface area contributed by atoms with Gasteiger partial charge in [0.1, 0.15) is 11.6 Å². The number of hydrogen-bond acceptors (Lipinski definition) is 5. The molecule has 1 aliphatic heterocycles. The number of piperazine rings is 1. The number of halogens is 1. The molecule has 4 aromatic rings. The van der Waals surface area contributed by atoms with Crippen LogP contribution in [0.3, 0.4) is 0 Å². The normalized spacial score (nSPS) is 13.1. The third-order valence-electron chi connectivity index (χ3n) is 6.65. The largest absolute Gasteiger partial charge is 0.493 e. The van der Waals surface area contributed by atoms with E-state index in [2.05, 4.69) is 38.0 Å². The van der Waals surface area contributed by atoms with Gasteiger partial charge in [0.25, 0.3) is 0 Å². The predicted molar refractivity (Wildman–Crippen MR) is 153 cm³/mol. The average Bonchev–Trinajstić information content (AvgIpc) is 2.99. The fourth-order valence-corrected chi connectivity index (χ4v) is 4.67. The molecule has 1 aromatic heterocycles. The fraction of sp³-hybridized carbons (Fsp3) is 0.226. The van der Waals surface area contributed by atoms with Crippen molar-refractivity contribution < 1.29 is 13.9 Å².